The second kappa shape index (κ2) is 5.56. The number of aliphatic hydroxyl groups is 1. The average Bonchev–Trinajstić information content (AvgIpc) is 3.13. The third kappa shape index (κ3) is 2.59. The quantitative estimate of drug-likeness (QED) is 0.900. The van der Waals surface area contributed by atoms with E-state index in [1.165, 1.54) is 12.8 Å². The number of aromatic nitrogens is 2. The smallest absolute Gasteiger partial charge is 0.226 e. The Labute approximate surface area is 119 Å². The van der Waals surface area contributed by atoms with E-state index < -0.39 is 6.10 Å². The lowest BCUT2D eigenvalue weighted by Gasteiger charge is -2.28. The minimum Gasteiger partial charge on any atom is -0.391 e. The number of likely N-dealkylation sites (tertiary alicyclic amines) is 1. The molecule has 1 saturated carbocycles. The first-order valence-electron chi connectivity index (χ1n) is 7.61. The van der Waals surface area contributed by atoms with Crippen molar-refractivity contribution < 1.29 is 9.90 Å². The van der Waals surface area contributed by atoms with Crippen LogP contribution >= 0.6 is 0 Å². The highest BCUT2D eigenvalue weighted by Crippen LogP contribution is 2.30. The molecule has 3 rings (SSSR count). The van der Waals surface area contributed by atoms with Gasteiger partial charge < -0.3 is 10.0 Å². The van der Waals surface area contributed by atoms with Crippen LogP contribution in [0.15, 0.2) is 12.4 Å². The van der Waals surface area contributed by atoms with Crippen molar-refractivity contribution in [2.24, 2.45) is 13.0 Å². The second-order valence-electron chi connectivity index (χ2n) is 6.16. The molecule has 0 radical (unpaired) electrons. The monoisotopic (exact) mass is 277 g/mol. The first-order chi connectivity index (χ1) is 9.65. The van der Waals surface area contributed by atoms with Crippen molar-refractivity contribution in [3.63, 3.8) is 0 Å². The third-order valence-corrected chi connectivity index (χ3v) is 4.70. The van der Waals surface area contributed by atoms with E-state index in [1.807, 2.05) is 24.3 Å². The van der Waals surface area contributed by atoms with Crippen LogP contribution in [-0.2, 0) is 18.3 Å². The molecule has 1 aliphatic heterocycles. The van der Waals surface area contributed by atoms with E-state index in [9.17, 15) is 9.90 Å². The standard InChI is InChI=1S/C15H23N3O2/c1-17-10-11(9-16-17)8-13-14(19)6-7-18(13)15(20)12-4-2-3-5-12/h9-10,12-14,19H,2-8H2,1H3/t13-,14+/m1/s1. The van der Waals surface area contributed by atoms with Crippen molar-refractivity contribution in [3.8, 4) is 0 Å². The number of rotatable bonds is 3. The van der Waals surface area contributed by atoms with Gasteiger partial charge in [0.2, 0.25) is 5.91 Å². The molecule has 2 heterocycles. The molecule has 1 amide bonds. The summed E-state index contributed by atoms with van der Waals surface area (Å²) in [5.74, 6) is 0.449. The maximum absolute atomic E-state index is 12.6. The second-order valence-corrected chi connectivity index (χ2v) is 6.16. The molecule has 1 aromatic rings. The van der Waals surface area contributed by atoms with E-state index in [2.05, 4.69) is 5.10 Å². The zero-order valence-electron chi connectivity index (χ0n) is 12.0. The van der Waals surface area contributed by atoms with Gasteiger partial charge in [0.1, 0.15) is 0 Å². The highest BCUT2D eigenvalue weighted by Gasteiger charge is 2.39. The maximum Gasteiger partial charge on any atom is 0.226 e. The zero-order valence-corrected chi connectivity index (χ0v) is 12.0. The minimum atomic E-state index is -0.402. The first kappa shape index (κ1) is 13.6. The number of hydrogen-bond acceptors (Lipinski definition) is 3. The lowest BCUT2D eigenvalue weighted by molar-refractivity contribution is -0.137. The third-order valence-electron chi connectivity index (χ3n) is 4.70. The molecular weight excluding hydrogens is 254 g/mol. The van der Waals surface area contributed by atoms with Crippen LogP contribution in [-0.4, -0.2) is 44.4 Å². The minimum absolute atomic E-state index is 0.0766. The zero-order chi connectivity index (χ0) is 14.1. The predicted octanol–water partition coefficient (Wildman–Crippen LogP) is 1.11. The molecule has 0 aromatic carbocycles. The van der Waals surface area contributed by atoms with E-state index in [0.717, 1.165) is 18.4 Å². The molecule has 2 atom stereocenters. The summed E-state index contributed by atoms with van der Waals surface area (Å²) in [6.45, 7) is 0.696. The van der Waals surface area contributed by atoms with Crippen LogP contribution in [0.25, 0.3) is 0 Å². The van der Waals surface area contributed by atoms with Crippen LogP contribution in [0, 0.1) is 5.92 Å². The molecule has 110 valence electrons. The summed E-state index contributed by atoms with van der Waals surface area (Å²) in [5, 5.41) is 14.4. The summed E-state index contributed by atoms with van der Waals surface area (Å²) < 4.78 is 1.76. The van der Waals surface area contributed by atoms with Crippen LogP contribution < -0.4 is 0 Å². The van der Waals surface area contributed by atoms with Gasteiger partial charge in [0.15, 0.2) is 0 Å². The molecule has 1 aliphatic carbocycles. The predicted molar refractivity (Wildman–Crippen MR) is 75.0 cm³/mol. The number of amides is 1. The number of aliphatic hydroxyl groups excluding tert-OH is 1. The van der Waals surface area contributed by atoms with Crippen molar-refractivity contribution >= 4 is 5.91 Å². The molecule has 0 unspecified atom stereocenters. The normalized spacial score (nSPS) is 27.4. The SMILES string of the molecule is Cn1cc(C[C@@H]2[C@@H](O)CCN2C(=O)C2CCCC2)cn1. The Bertz CT molecular complexity index is 479. The first-order valence-corrected chi connectivity index (χ1v) is 7.61. The molecule has 5 heteroatoms. The molecule has 0 bridgehead atoms. The number of carbonyl (C=O) groups is 1. The Morgan fingerprint density at radius 1 is 1.40 bits per heavy atom. The molecular formula is C15H23N3O2. The molecule has 20 heavy (non-hydrogen) atoms. The van der Waals surface area contributed by atoms with E-state index in [1.54, 1.807) is 4.68 Å². The lowest BCUT2D eigenvalue weighted by Crippen LogP contribution is -2.43. The van der Waals surface area contributed by atoms with Gasteiger partial charge in [0, 0.05) is 25.7 Å². The van der Waals surface area contributed by atoms with Crippen molar-refractivity contribution in [1.29, 1.82) is 0 Å². The van der Waals surface area contributed by atoms with E-state index in [4.69, 9.17) is 0 Å². The fourth-order valence-corrected chi connectivity index (χ4v) is 3.58. The Kier molecular flexibility index (Phi) is 3.78. The van der Waals surface area contributed by atoms with Gasteiger partial charge in [-0.15, -0.1) is 0 Å². The van der Waals surface area contributed by atoms with E-state index in [0.29, 0.717) is 19.4 Å². The van der Waals surface area contributed by atoms with Gasteiger partial charge >= 0.3 is 0 Å². The average molecular weight is 277 g/mol. The van der Waals surface area contributed by atoms with Crippen LogP contribution in [0.5, 0.6) is 0 Å². The Hall–Kier alpha value is -1.36. The van der Waals surface area contributed by atoms with Crippen molar-refractivity contribution in [2.75, 3.05) is 6.54 Å². The Morgan fingerprint density at radius 2 is 2.15 bits per heavy atom. The summed E-state index contributed by atoms with van der Waals surface area (Å²) in [6.07, 6.45) is 9.15. The van der Waals surface area contributed by atoms with Crippen LogP contribution in [0.1, 0.15) is 37.7 Å². The highest BCUT2D eigenvalue weighted by atomic mass is 16.3. The molecule has 1 saturated heterocycles. The van der Waals surface area contributed by atoms with Gasteiger partial charge in [0.05, 0.1) is 18.3 Å². The highest BCUT2D eigenvalue weighted by molar-refractivity contribution is 5.79. The summed E-state index contributed by atoms with van der Waals surface area (Å²) in [6, 6.07) is -0.0766. The maximum atomic E-state index is 12.6. The molecule has 5 nitrogen and oxygen atoms in total. The lowest BCUT2D eigenvalue weighted by atomic mass is 10.0. The molecule has 1 aromatic heterocycles. The molecule has 2 aliphatic rings. The van der Waals surface area contributed by atoms with Crippen LogP contribution in [0.2, 0.25) is 0 Å². The number of aryl methyl sites for hydroxylation is 1. The molecule has 0 spiro atoms. The van der Waals surface area contributed by atoms with Gasteiger partial charge in [-0.2, -0.15) is 5.10 Å². The van der Waals surface area contributed by atoms with Crippen molar-refractivity contribution in [1.82, 2.24) is 14.7 Å². The molecule has 1 N–H and O–H groups in total. The number of hydrogen-bond donors (Lipinski definition) is 1. The summed E-state index contributed by atoms with van der Waals surface area (Å²) in [4.78, 5) is 14.5. The van der Waals surface area contributed by atoms with Gasteiger partial charge in [-0.25, -0.2) is 0 Å². The van der Waals surface area contributed by atoms with Gasteiger partial charge in [-0.05, 0) is 31.2 Å². The van der Waals surface area contributed by atoms with E-state index in [-0.39, 0.29) is 17.9 Å². The van der Waals surface area contributed by atoms with Crippen LogP contribution in [0.4, 0.5) is 0 Å². The van der Waals surface area contributed by atoms with Gasteiger partial charge in [-0.1, -0.05) is 12.8 Å². The summed E-state index contributed by atoms with van der Waals surface area (Å²) in [7, 11) is 1.88. The fraction of sp³-hybridized carbons (Fsp3) is 0.733. The fourth-order valence-electron chi connectivity index (χ4n) is 3.58. The summed E-state index contributed by atoms with van der Waals surface area (Å²) >= 11 is 0. The van der Waals surface area contributed by atoms with E-state index >= 15 is 0 Å². The van der Waals surface area contributed by atoms with Crippen molar-refractivity contribution in [3.05, 3.63) is 18.0 Å². The topological polar surface area (TPSA) is 58.4 Å². The number of nitrogens with zero attached hydrogens (tertiary/aromatic N) is 3. The molecule has 2 fully saturated rings. The summed E-state index contributed by atoms with van der Waals surface area (Å²) in [5.41, 5.74) is 1.09. The van der Waals surface area contributed by atoms with Gasteiger partial charge in [-0.3, -0.25) is 9.48 Å². The largest absolute Gasteiger partial charge is 0.391 e. The van der Waals surface area contributed by atoms with Crippen LogP contribution in [0.3, 0.4) is 0 Å². The Balaban J connectivity index is 1.71. The van der Waals surface area contributed by atoms with Gasteiger partial charge in [0.25, 0.3) is 0 Å². The number of carbonyl (C=O) groups excluding carboxylic acids is 1. The Morgan fingerprint density at radius 3 is 2.80 bits per heavy atom. The van der Waals surface area contributed by atoms with Crippen molar-refractivity contribution in [2.45, 2.75) is 50.7 Å².